The fourth-order valence-corrected chi connectivity index (χ4v) is 4.61. The lowest BCUT2D eigenvalue weighted by molar-refractivity contribution is 0.404. The van der Waals surface area contributed by atoms with Crippen molar-refractivity contribution in [3.63, 3.8) is 0 Å². The van der Waals surface area contributed by atoms with Crippen LogP contribution in [0.4, 0.5) is 0 Å². The Labute approximate surface area is 199 Å². The maximum atomic E-state index is 8.67. The highest BCUT2D eigenvalue weighted by Gasteiger charge is 2.07. The van der Waals surface area contributed by atoms with E-state index >= 15 is 0 Å². The van der Waals surface area contributed by atoms with Gasteiger partial charge in [0.05, 0.1) is 0 Å². The number of hydrogen-bond acceptors (Lipinski definition) is 2. The Morgan fingerprint density at radius 3 is 1.26 bits per heavy atom. The number of aromatic hydroxyl groups is 2. The summed E-state index contributed by atoms with van der Waals surface area (Å²) in [6.45, 7) is 0. The van der Waals surface area contributed by atoms with Crippen LogP contribution in [0.3, 0.4) is 0 Å². The molecule has 2 heteroatoms. The van der Waals surface area contributed by atoms with Gasteiger partial charge in [0.15, 0.2) is 11.5 Å². The molecule has 0 saturated heterocycles. The van der Waals surface area contributed by atoms with Crippen LogP contribution in [-0.2, 0) is 12.8 Å². The molecular weight excluding hydrogens is 416 g/mol. The third-order valence-electron chi connectivity index (χ3n) is 6.20. The van der Waals surface area contributed by atoms with Crippen LogP contribution >= 0.6 is 0 Å². The van der Waals surface area contributed by atoms with Crippen molar-refractivity contribution in [3.8, 4) is 11.5 Å². The normalized spacial score (nSPS) is 12.5. The van der Waals surface area contributed by atoms with Crippen LogP contribution < -0.4 is 0 Å². The highest BCUT2D eigenvalue weighted by molar-refractivity contribution is 5.95. The highest BCUT2D eigenvalue weighted by atomic mass is 16.3. The Balaban J connectivity index is 0.000000110. The summed E-state index contributed by atoms with van der Waals surface area (Å²) < 4.78 is 0. The highest BCUT2D eigenvalue weighted by Crippen LogP contribution is 2.29. The number of rotatable bonds is 0. The molecule has 0 unspecified atom stereocenters. The Morgan fingerprint density at radius 1 is 0.441 bits per heavy atom. The van der Waals surface area contributed by atoms with Gasteiger partial charge < -0.3 is 10.2 Å². The standard InChI is InChI=1S/2C13H10.C6H6O2/c2*1-4-10-6-2-8-12-9-3-7-11(5-1)13(10)12;7-5-3-1-2-4-6(5)8/h2*1-8H,9H2;1-4,7-8H. The third-order valence-corrected chi connectivity index (χ3v) is 6.20. The van der Waals surface area contributed by atoms with Crippen LogP contribution in [0, 0.1) is 0 Å². The van der Waals surface area contributed by atoms with Gasteiger partial charge in [-0.1, -0.05) is 109 Å². The zero-order valence-electron chi connectivity index (χ0n) is 18.9. The second-order valence-electron chi connectivity index (χ2n) is 8.43. The lowest BCUT2D eigenvalue weighted by Gasteiger charge is -2.11. The molecule has 166 valence electrons. The molecule has 2 aliphatic carbocycles. The van der Waals surface area contributed by atoms with E-state index in [1.807, 2.05) is 0 Å². The maximum Gasteiger partial charge on any atom is 0.157 e. The van der Waals surface area contributed by atoms with Gasteiger partial charge in [-0.3, -0.25) is 0 Å². The lowest BCUT2D eigenvalue weighted by atomic mass is 9.93. The summed E-state index contributed by atoms with van der Waals surface area (Å²) in [4.78, 5) is 0. The SMILES string of the molecule is C1=Cc2cccc3cccc(c23)C1.C1=Cc2cccc3cccc(c23)C1.Oc1ccccc1O. The first-order valence-corrected chi connectivity index (χ1v) is 11.5. The molecule has 34 heavy (non-hydrogen) atoms. The van der Waals surface area contributed by atoms with E-state index in [4.69, 9.17) is 10.2 Å². The van der Waals surface area contributed by atoms with Gasteiger partial charge >= 0.3 is 0 Å². The second-order valence-corrected chi connectivity index (χ2v) is 8.43. The molecule has 0 amide bonds. The van der Waals surface area contributed by atoms with Crippen LogP contribution in [-0.4, -0.2) is 10.2 Å². The molecule has 0 heterocycles. The predicted molar refractivity (Wildman–Crippen MR) is 143 cm³/mol. The maximum absolute atomic E-state index is 8.67. The summed E-state index contributed by atoms with van der Waals surface area (Å²) in [7, 11) is 0. The van der Waals surface area contributed by atoms with E-state index in [2.05, 4.69) is 97.1 Å². The number of phenolic OH excluding ortho intramolecular Hbond substituents is 2. The molecular formula is C32H26O2. The van der Waals surface area contributed by atoms with Crippen LogP contribution in [0.15, 0.2) is 109 Å². The van der Waals surface area contributed by atoms with Gasteiger partial charge in [-0.2, -0.15) is 0 Å². The summed E-state index contributed by atoms with van der Waals surface area (Å²) >= 11 is 0. The molecule has 0 spiro atoms. The molecule has 5 aromatic rings. The first-order valence-electron chi connectivity index (χ1n) is 11.5. The van der Waals surface area contributed by atoms with Gasteiger partial charge in [-0.15, -0.1) is 0 Å². The summed E-state index contributed by atoms with van der Waals surface area (Å²) in [5.41, 5.74) is 5.63. The molecule has 7 rings (SSSR count). The van der Waals surface area contributed by atoms with Gasteiger partial charge in [-0.05, 0) is 68.8 Å². The summed E-state index contributed by atoms with van der Waals surface area (Å²) in [6, 6.07) is 32.2. The number of allylic oxidation sites excluding steroid dienone is 2. The molecule has 0 atom stereocenters. The second kappa shape index (κ2) is 9.68. The van der Waals surface area contributed by atoms with E-state index < -0.39 is 0 Å². The zero-order chi connectivity index (χ0) is 23.3. The van der Waals surface area contributed by atoms with Crippen molar-refractivity contribution in [2.75, 3.05) is 0 Å². The molecule has 0 saturated carbocycles. The van der Waals surface area contributed by atoms with Crippen LogP contribution in [0.5, 0.6) is 11.5 Å². The number of phenols is 2. The van der Waals surface area contributed by atoms with Crippen molar-refractivity contribution < 1.29 is 10.2 Å². The van der Waals surface area contributed by atoms with Crippen molar-refractivity contribution in [2.45, 2.75) is 12.8 Å². The van der Waals surface area contributed by atoms with Crippen LogP contribution in [0.2, 0.25) is 0 Å². The third kappa shape index (κ3) is 4.44. The first kappa shape index (κ1) is 21.5. The van der Waals surface area contributed by atoms with Crippen LogP contribution in [0.25, 0.3) is 33.7 Å². The predicted octanol–water partition coefficient (Wildman–Crippen LogP) is 7.92. The molecule has 0 aliphatic heterocycles. The van der Waals surface area contributed by atoms with Gasteiger partial charge in [0.1, 0.15) is 0 Å². The average molecular weight is 443 g/mol. The Bertz CT molecular complexity index is 1400. The van der Waals surface area contributed by atoms with E-state index in [1.165, 1.54) is 55.9 Å². The Morgan fingerprint density at radius 2 is 0.853 bits per heavy atom. The quantitative estimate of drug-likeness (QED) is 0.239. The molecule has 2 N–H and O–H groups in total. The molecule has 2 nitrogen and oxygen atoms in total. The largest absolute Gasteiger partial charge is 0.504 e. The van der Waals surface area contributed by atoms with Gasteiger partial charge in [-0.25, -0.2) is 0 Å². The minimum atomic E-state index is -0.0764. The van der Waals surface area contributed by atoms with E-state index in [9.17, 15) is 0 Å². The van der Waals surface area contributed by atoms with E-state index in [1.54, 1.807) is 12.1 Å². The van der Waals surface area contributed by atoms with Gasteiger partial charge in [0.2, 0.25) is 0 Å². The molecule has 5 aromatic carbocycles. The average Bonchev–Trinajstić information content (AvgIpc) is 2.88. The fourth-order valence-electron chi connectivity index (χ4n) is 4.61. The van der Waals surface area contributed by atoms with Gasteiger partial charge in [0, 0.05) is 0 Å². The summed E-state index contributed by atoms with van der Waals surface area (Å²) in [5.74, 6) is -0.153. The molecule has 0 radical (unpaired) electrons. The minimum Gasteiger partial charge on any atom is -0.504 e. The fraction of sp³-hybridized carbons (Fsp3) is 0.0625. The number of hydrogen-bond donors (Lipinski definition) is 2. The smallest absolute Gasteiger partial charge is 0.157 e. The summed E-state index contributed by atoms with van der Waals surface area (Å²) in [5, 5.41) is 22.9. The molecule has 0 bridgehead atoms. The molecule has 0 aromatic heterocycles. The topological polar surface area (TPSA) is 40.5 Å². The molecule has 2 aliphatic rings. The first-order chi connectivity index (χ1) is 16.7. The molecule has 0 fully saturated rings. The number of para-hydroxylation sites is 2. The van der Waals surface area contributed by atoms with E-state index in [0.29, 0.717) is 0 Å². The monoisotopic (exact) mass is 442 g/mol. The van der Waals surface area contributed by atoms with Crippen molar-refractivity contribution >= 4 is 33.7 Å². The Hall–Kier alpha value is -4.30. The van der Waals surface area contributed by atoms with Crippen molar-refractivity contribution in [3.05, 3.63) is 131 Å². The lowest BCUT2D eigenvalue weighted by Crippen LogP contribution is -1.91. The minimum absolute atomic E-state index is 0.0764. The Kier molecular flexibility index (Phi) is 6.13. The van der Waals surface area contributed by atoms with Crippen molar-refractivity contribution in [1.29, 1.82) is 0 Å². The van der Waals surface area contributed by atoms with Gasteiger partial charge in [0.25, 0.3) is 0 Å². The van der Waals surface area contributed by atoms with Crippen LogP contribution in [0.1, 0.15) is 22.3 Å². The number of benzene rings is 5. The van der Waals surface area contributed by atoms with Crippen molar-refractivity contribution in [2.24, 2.45) is 0 Å². The van der Waals surface area contributed by atoms with Crippen molar-refractivity contribution in [1.82, 2.24) is 0 Å². The van der Waals surface area contributed by atoms with E-state index in [0.717, 1.165) is 12.8 Å². The summed E-state index contributed by atoms with van der Waals surface area (Å²) in [6.07, 6.45) is 11.1. The zero-order valence-corrected chi connectivity index (χ0v) is 18.9. The van der Waals surface area contributed by atoms with E-state index in [-0.39, 0.29) is 11.5 Å².